The molecule has 2 rings (SSSR count). The average Bonchev–Trinajstić information content (AvgIpc) is 2.73. The molecule has 0 aromatic heterocycles. The van der Waals surface area contributed by atoms with Crippen LogP contribution >= 0.6 is 0 Å². The summed E-state index contributed by atoms with van der Waals surface area (Å²) in [6, 6.07) is 1.65. The fourth-order valence-electron chi connectivity index (χ4n) is 2.86. The van der Waals surface area contributed by atoms with Gasteiger partial charge >= 0.3 is 24.5 Å². The predicted molar refractivity (Wildman–Crippen MR) is 97.5 cm³/mol. The first-order valence-corrected chi connectivity index (χ1v) is 9.55. The van der Waals surface area contributed by atoms with E-state index >= 15 is 0 Å². The highest BCUT2D eigenvalue weighted by Crippen LogP contribution is 2.42. The van der Waals surface area contributed by atoms with Crippen LogP contribution in [0.3, 0.4) is 0 Å². The summed E-state index contributed by atoms with van der Waals surface area (Å²) in [5, 5.41) is 1.14. The van der Waals surface area contributed by atoms with Crippen LogP contribution in [-0.2, 0) is 30.3 Å². The zero-order valence-corrected chi connectivity index (χ0v) is 17.4. The standard InChI is InChI=1S/C19H18F6NO8/c1-2-10-6-12(34-19(23,24)25)7-11-8-13(16(18(20,21)22)33-15(10)11)17(28)31-9-30-14(27)4-3-5-32-26-29/h6-8,16,26H,2-5,9H2,1H3/q+1/t16-/m0/s1. The monoisotopic (exact) mass is 502 g/mol. The second-order valence-corrected chi connectivity index (χ2v) is 6.64. The van der Waals surface area contributed by atoms with Gasteiger partial charge in [-0.25, -0.2) is 9.63 Å². The molecule has 0 radical (unpaired) electrons. The molecule has 0 amide bonds. The van der Waals surface area contributed by atoms with Gasteiger partial charge in [0.15, 0.2) is 6.61 Å². The smallest absolute Gasteiger partial charge is 0.475 e. The number of rotatable bonds is 10. The van der Waals surface area contributed by atoms with E-state index in [2.05, 4.69) is 19.0 Å². The summed E-state index contributed by atoms with van der Waals surface area (Å²) >= 11 is 0. The van der Waals surface area contributed by atoms with Gasteiger partial charge in [0.05, 0.1) is 10.5 Å². The van der Waals surface area contributed by atoms with Gasteiger partial charge in [-0.2, -0.15) is 13.2 Å². The molecule has 0 saturated heterocycles. The van der Waals surface area contributed by atoms with Gasteiger partial charge in [-0.3, -0.25) is 4.79 Å². The number of alkyl halides is 6. The third-order valence-electron chi connectivity index (χ3n) is 4.24. The molecule has 1 aliphatic rings. The minimum atomic E-state index is -5.08. The summed E-state index contributed by atoms with van der Waals surface area (Å²) in [6.45, 7) is 0.309. The first-order chi connectivity index (χ1) is 15.9. The van der Waals surface area contributed by atoms with Crippen molar-refractivity contribution in [3.63, 3.8) is 0 Å². The van der Waals surface area contributed by atoms with Crippen molar-refractivity contribution in [1.82, 2.24) is 0 Å². The molecule has 34 heavy (non-hydrogen) atoms. The molecular weight excluding hydrogens is 484 g/mol. The number of halogens is 6. The van der Waals surface area contributed by atoms with Crippen molar-refractivity contribution in [2.75, 3.05) is 13.4 Å². The molecular formula is C19H18F6NO8+. The van der Waals surface area contributed by atoms with Crippen LogP contribution in [-0.4, -0.2) is 44.0 Å². The number of hydrogen-bond donors (Lipinski definition) is 1. The van der Waals surface area contributed by atoms with E-state index in [1.807, 2.05) is 0 Å². The lowest BCUT2D eigenvalue weighted by Gasteiger charge is -2.29. The van der Waals surface area contributed by atoms with E-state index in [9.17, 15) is 40.8 Å². The zero-order chi connectivity index (χ0) is 25.5. The Hall–Kier alpha value is -3.52. The third kappa shape index (κ3) is 7.52. The van der Waals surface area contributed by atoms with Gasteiger partial charge in [0, 0.05) is 12.0 Å². The van der Waals surface area contributed by atoms with Crippen LogP contribution in [0.2, 0.25) is 0 Å². The second kappa shape index (κ2) is 11.1. The molecule has 9 nitrogen and oxygen atoms in total. The Morgan fingerprint density at radius 2 is 1.82 bits per heavy atom. The quantitative estimate of drug-likeness (QED) is 0.171. The van der Waals surface area contributed by atoms with E-state index in [1.165, 1.54) is 6.92 Å². The van der Waals surface area contributed by atoms with Crippen molar-refractivity contribution in [3.05, 3.63) is 33.7 Å². The maximum Gasteiger partial charge on any atom is 0.573 e. The number of esters is 2. The predicted octanol–water partition coefficient (Wildman–Crippen LogP) is 2.46. The van der Waals surface area contributed by atoms with Crippen molar-refractivity contribution in [2.45, 2.75) is 44.8 Å². The molecule has 0 fully saturated rings. The van der Waals surface area contributed by atoms with Crippen LogP contribution < -0.4 is 14.8 Å². The van der Waals surface area contributed by atoms with Gasteiger partial charge in [-0.05, 0) is 36.6 Å². The lowest BCUT2D eigenvalue weighted by molar-refractivity contribution is -0.770. The minimum Gasteiger partial charge on any atom is -0.475 e. The Balaban J connectivity index is 2.22. The van der Waals surface area contributed by atoms with Crippen molar-refractivity contribution in [3.8, 4) is 11.5 Å². The maximum atomic E-state index is 13.6. The normalized spacial score (nSPS) is 15.4. The number of carbonyl (C=O) groups excluding carboxylic acids is 2. The SMILES string of the molecule is CCc1cc(OC(F)(F)F)cc2c1O[C@H](C(F)(F)F)C(C(=O)OCOC(=O)CCCO[NH+]=O)=C2. The first kappa shape index (κ1) is 26.7. The molecule has 188 valence electrons. The molecule has 0 bridgehead atoms. The van der Waals surface area contributed by atoms with Crippen LogP contribution in [0, 0.1) is 4.91 Å². The Morgan fingerprint density at radius 1 is 1.12 bits per heavy atom. The molecule has 1 heterocycles. The van der Waals surface area contributed by atoms with Gasteiger partial charge in [-0.1, -0.05) is 6.92 Å². The Labute approximate surface area is 187 Å². The topological polar surface area (TPSA) is 111 Å². The molecule has 15 heteroatoms. The highest BCUT2D eigenvalue weighted by atomic mass is 19.4. The number of nitrogens with one attached hydrogen (secondary N) is 1. The second-order valence-electron chi connectivity index (χ2n) is 6.64. The van der Waals surface area contributed by atoms with Gasteiger partial charge in [0.25, 0.3) is 0 Å². The average molecular weight is 502 g/mol. The van der Waals surface area contributed by atoms with Crippen molar-refractivity contribution in [1.29, 1.82) is 0 Å². The first-order valence-electron chi connectivity index (χ1n) is 9.55. The fourth-order valence-corrected chi connectivity index (χ4v) is 2.86. The summed E-state index contributed by atoms with van der Waals surface area (Å²) in [6.07, 6.45) is -12.4. The van der Waals surface area contributed by atoms with E-state index < -0.39 is 48.7 Å². The molecule has 1 aliphatic heterocycles. The maximum absolute atomic E-state index is 13.6. The highest BCUT2D eigenvalue weighted by Gasteiger charge is 2.49. The Morgan fingerprint density at radius 3 is 2.41 bits per heavy atom. The summed E-state index contributed by atoms with van der Waals surface area (Å²) in [5.74, 6) is -3.54. The van der Waals surface area contributed by atoms with Gasteiger partial charge in [0.2, 0.25) is 18.2 Å². The van der Waals surface area contributed by atoms with E-state index in [0.717, 1.165) is 17.5 Å². The largest absolute Gasteiger partial charge is 0.573 e. The van der Waals surface area contributed by atoms with E-state index in [-0.39, 0.29) is 42.7 Å². The third-order valence-corrected chi connectivity index (χ3v) is 4.24. The zero-order valence-electron chi connectivity index (χ0n) is 17.4. The molecule has 1 N–H and O–H groups in total. The lowest BCUT2D eigenvalue weighted by Crippen LogP contribution is -2.62. The van der Waals surface area contributed by atoms with Crippen molar-refractivity contribution >= 4 is 18.0 Å². The van der Waals surface area contributed by atoms with Gasteiger partial charge in [0.1, 0.15) is 11.5 Å². The van der Waals surface area contributed by atoms with E-state index in [0.29, 0.717) is 6.08 Å². The lowest BCUT2D eigenvalue weighted by atomic mass is 9.97. The molecule has 0 spiro atoms. The summed E-state index contributed by atoms with van der Waals surface area (Å²) in [7, 11) is 0. The molecule has 0 aliphatic carbocycles. The summed E-state index contributed by atoms with van der Waals surface area (Å²) < 4.78 is 96.4. The Bertz CT molecular complexity index is 944. The molecule has 1 aromatic carbocycles. The summed E-state index contributed by atoms with van der Waals surface area (Å²) in [4.78, 5) is 37.9. The fraction of sp³-hybridized carbons (Fsp3) is 0.474. The van der Waals surface area contributed by atoms with Gasteiger partial charge < -0.3 is 18.9 Å². The van der Waals surface area contributed by atoms with E-state index in [4.69, 9.17) is 4.74 Å². The molecule has 0 unspecified atom stereocenters. The number of fused-ring (bicyclic) bond motifs is 1. The van der Waals surface area contributed by atoms with Crippen LogP contribution in [0.5, 0.6) is 11.5 Å². The summed E-state index contributed by atoms with van der Waals surface area (Å²) in [5.41, 5.74) is -1.35. The molecule has 1 aromatic rings. The van der Waals surface area contributed by atoms with Crippen LogP contribution in [0.25, 0.3) is 6.08 Å². The number of aryl methyl sites for hydroxylation is 1. The van der Waals surface area contributed by atoms with Crippen LogP contribution in [0.15, 0.2) is 17.7 Å². The number of hydrogen-bond acceptors (Lipinski definition) is 8. The Kier molecular flexibility index (Phi) is 8.70. The number of ether oxygens (including phenoxy) is 4. The van der Waals surface area contributed by atoms with Gasteiger partial charge in [-0.15, -0.1) is 13.2 Å². The molecule has 1 atom stereocenters. The highest BCUT2D eigenvalue weighted by molar-refractivity contribution is 5.96. The number of benzene rings is 1. The van der Waals surface area contributed by atoms with E-state index in [1.54, 1.807) is 0 Å². The number of carbonyl (C=O) groups is 2. The van der Waals surface area contributed by atoms with Crippen molar-refractivity contribution in [2.24, 2.45) is 0 Å². The molecule has 0 saturated carbocycles. The van der Waals surface area contributed by atoms with Crippen LogP contribution in [0.4, 0.5) is 26.3 Å². The van der Waals surface area contributed by atoms with Crippen LogP contribution in [0.1, 0.15) is 30.9 Å². The minimum absolute atomic E-state index is 0.00145. The van der Waals surface area contributed by atoms with Crippen molar-refractivity contribution < 1.29 is 65.1 Å².